The molecular weight excluding hydrogens is 259 g/mol. The Morgan fingerprint density at radius 3 is 2.21 bits per heavy atom. The van der Waals surface area contributed by atoms with Crippen molar-refractivity contribution < 1.29 is 14.0 Å². The van der Waals surface area contributed by atoms with Crippen molar-refractivity contribution in [2.45, 2.75) is 51.9 Å². The quantitative estimate of drug-likeness (QED) is 0.515. The third kappa shape index (κ3) is 6.91. The van der Waals surface area contributed by atoms with Crippen LogP contribution >= 0.6 is 7.60 Å². The Balaban J connectivity index is 2.13. The summed E-state index contributed by atoms with van der Waals surface area (Å²) in [5, 5.41) is 0.373. The molecule has 1 aromatic carbocycles. The van der Waals surface area contributed by atoms with E-state index < -0.39 is 7.60 Å². The van der Waals surface area contributed by atoms with Gasteiger partial charge in [-0.3, -0.25) is 4.57 Å². The Morgan fingerprint density at radius 1 is 1.00 bits per heavy atom. The predicted molar refractivity (Wildman–Crippen MR) is 79.8 cm³/mol. The lowest BCUT2D eigenvalue weighted by Gasteiger charge is -2.12. The number of benzene rings is 1. The fourth-order valence-electron chi connectivity index (χ4n) is 1.94. The summed E-state index contributed by atoms with van der Waals surface area (Å²) in [6, 6.07) is 8.57. The molecule has 0 fully saturated rings. The molecule has 1 atom stereocenters. The smallest absolute Gasteiger partial charge is 0.321 e. The molecule has 19 heavy (non-hydrogen) atoms. The van der Waals surface area contributed by atoms with E-state index in [0.29, 0.717) is 11.9 Å². The SMILES string of the molecule is CCCCCCCCCOP(=O)(O)c1ccccc1. The van der Waals surface area contributed by atoms with Gasteiger partial charge in [-0.05, 0) is 18.6 Å². The first-order valence-electron chi connectivity index (χ1n) is 7.20. The predicted octanol–water partition coefficient (Wildman–Crippen LogP) is 4.26. The van der Waals surface area contributed by atoms with Crippen LogP contribution in [-0.4, -0.2) is 11.5 Å². The summed E-state index contributed by atoms with van der Waals surface area (Å²) in [5.41, 5.74) is 0. The molecule has 0 spiro atoms. The minimum absolute atomic E-state index is 0.358. The maximum Gasteiger partial charge on any atom is 0.358 e. The van der Waals surface area contributed by atoms with Gasteiger partial charge in [-0.2, -0.15) is 0 Å². The highest BCUT2D eigenvalue weighted by Crippen LogP contribution is 2.40. The van der Waals surface area contributed by atoms with Gasteiger partial charge in [0.2, 0.25) is 0 Å². The van der Waals surface area contributed by atoms with Crippen LogP contribution in [-0.2, 0) is 9.09 Å². The molecule has 0 aromatic heterocycles. The van der Waals surface area contributed by atoms with Crippen molar-refractivity contribution in [2.24, 2.45) is 0 Å². The first-order valence-corrected chi connectivity index (χ1v) is 8.77. The van der Waals surface area contributed by atoms with Crippen LogP contribution in [0.1, 0.15) is 51.9 Å². The Kier molecular flexibility index (Phi) is 8.04. The Bertz CT molecular complexity index is 378. The van der Waals surface area contributed by atoms with Crippen LogP contribution in [0.2, 0.25) is 0 Å². The van der Waals surface area contributed by atoms with Crippen molar-refractivity contribution >= 4 is 12.9 Å². The van der Waals surface area contributed by atoms with Gasteiger partial charge in [-0.15, -0.1) is 0 Å². The molecule has 0 radical (unpaired) electrons. The van der Waals surface area contributed by atoms with Gasteiger partial charge < -0.3 is 9.42 Å². The van der Waals surface area contributed by atoms with E-state index >= 15 is 0 Å². The molecule has 1 N–H and O–H groups in total. The average Bonchev–Trinajstić information content (AvgIpc) is 2.43. The lowest BCUT2D eigenvalue weighted by molar-refractivity contribution is 0.261. The van der Waals surface area contributed by atoms with Crippen molar-refractivity contribution in [3.8, 4) is 0 Å². The zero-order valence-electron chi connectivity index (χ0n) is 11.8. The van der Waals surface area contributed by atoms with Crippen LogP contribution in [0.3, 0.4) is 0 Å². The van der Waals surface area contributed by atoms with Crippen LogP contribution in [0.5, 0.6) is 0 Å². The van der Waals surface area contributed by atoms with E-state index in [9.17, 15) is 9.46 Å². The van der Waals surface area contributed by atoms with Gasteiger partial charge in [0.15, 0.2) is 0 Å². The summed E-state index contributed by atoms with van der Waals surface area (Å²) >= 11 is 0. The topological polar surface area (TPSA) is 46.5 Å². The minimum atomic E-state index is -3.61. The van der Waals surface area contributed by atoms with Crippen LogP contribution in [0.4, 0.5) is 0 Å². The van der Waals surface area contributed by atoms with E-state index in [1.807, 2.05) is 6.07 Å². The molecule has 1 rings (SSSR count). The Labute approximate surface area is 116 Å². The molecule has 0 aliphatic heterocycles. The van der Waals surface area contributed by atoms with E-state index in [4.69, 9.17) is 4.52 Å². The summed E-state index contributed by atoms with van der Waals surface area (Å²) in [6.07, 6.45) is 8.21. The summed E-state index contributed by atoms with van der Waals surface area (Å²) in [6.45, 7) is 2.56. The van der Waals surface area contributed by atoms with E-state index in [1.54, 1.807) is 24.3 Å². The van der Waals surface area contributed by atoms with Gasteiger partial charge in [-0.25, -0.2) is 0 Å². The standard InChI is InChI=1S/C15H25O3P/c1-2-3-4-5-6-7-11-14-18-19(16,17)15-12-9-8-10-13-15/h8-10,12-13H,2-7,11,14H2,1H3,(H,16,17). The zero-order chi connectivity index (χ0) is 14.0. The van der Waals surface area contributed by atoms with Gasteiger partial charge in [0.1, 0.15) is 0 Å². The third-order valence-electron chi connectivity index (χ3n) is 3.10. The van der Waals surface area contributed by atoms with E-state index in [2.05, 4.69) is 6.92 Å². The number of unbranched alkanes of at least 4 members (excludes halogenated alkanes) is 6. The van der Waals surface area contributed by atoms with Crippen molar-refractivity contribution in [2.75, 3.05) is 6.61 Å². The van der Waals surface area contributed by atoms with Crippen LogP contribution in [0.15, 0.2) is 30.3 Å². The first-order chi connectivity index (χ1) is 9.17. The van der Waals surface area contributed by atoms with Crippen LogP contribution in [0, 0.1) is 0 Å². The monoisotopic (exact) mass is 284 g/mol. The summed E-state index contributed by atoms with van der Waals surface area (Å²) < 4.78 is 17.1. The molecule has 0 amide bonds. The molecule has 1 aromatic rings. The molecule has 108 valence electrons. The first kappa shape index (κ1) is 16.4. The molecule has 0 saturated heterocycles. The molecule has 0 bridgehead atoms. The molecule has 0 aliphatic carbocycles. The molecule has 3 nitrogen and oxygen atoms in total. The molecule has 4 heteroatoms. The molecule has 1 unspecified atom stereocenters. The van der Waals surface area contributed by atoms with Crippen molar-refractivity contribution in [1.29, 1.82) is 0 Å². The van der Waals surface area contributed by atoms with Crippen molar-refractivity contribution in [1.82, 2.24) is 0 Å². The van der Waals surface area contributed by atoms with Gasteiger partial charge in [0.25, 0.3) is 0 Å². The van der Waals surface area contributed by atoms with Crippen molar-refractivity contribution in [3.05, 3.63) is 30.3 Å². The maximum atomic E-state index is 11.9. The summed E-state index contributed by atoms with van der Waals surface area (Å²) in [7, 11) is -3.61. The van der Waals surface area contributed by atoms with E-state index in [1.165, 1.54) is 32.1 Å². The fraction of sp³-hybridized carbons (Fsp3) is 0.600. The second kappa shape index (κ2) is 9.30. The lowest BCUT2D eigenvalue weighted by atomic mass is 10.1. The molecular formula is C15H25O3P. The maximum absolute atomic E-state index is 11.9. The zero-order valence-corrected chi connectivity index (χ0v) is 12.6. The number of hydrogen-bond acceptors (Lipinski definition) is 2. The van der Waals surface area contributed by atoms with E-state index in [0.717, 1.165) is 12.8 Å². The second-order valence-electron chi connectivity index (χ2n) is 4.81. The van der Waals surface area contributed by atoms with Crippen LogP contribution < -0.4 is 5.30 Å². The second-order valence-corrected chi connectivity index (χ2v) is 6.63. The molecule has 0 heterocycles. The summed E-state index contributed by atoms with van der Waals surface area (Å²) in [4.78, 5) is 9.79. The molecule has 0 saturated carbocycles. The lowest BCUT2D eigenvalue weighted by Crippen LogP contribution is -2.07. The van der Waals surface area contributed by atoms with Crippen LogP contribution in [0.25, 0.3) is 0 Å². The summed E-state index contributed by atoms with van der Waals surface area (Å²) in [5.74, 6) is 0. The number of hydrogen-bond donors (Lipinski definition) is 1. The Hall–Kier alpha value is -0.630. The van der Waals surface area contributed by atoms with Gasteiger partial charge in [-0.1, -0.05) is 63.6 Å². The third-order valence-corrected chi connectivity index (χ3v) is 4.58. The average molecular weight is 284 g/mol. The normalized spacial score (nSPS) is 14.2. The van der Waals surface area contributed by atoms with Gasteiger partial charge in [0.05, 0.1) is 11.9 Å². The number of rotatable bonds is 10. The van der Waals surface area contributed by atoms with Gasteiger partial charge >= 0.3 is 7.60 Å². The highest BCUT2D eigenvalue weighted by molar-refractivity contribution is 7.61. The highest BCUT2D eigenvalue weighted by Gasteiger charge is 2.21. The fourth-order valence-corrected chi connectivity index (χ4v) is 3.01. The van der Waals surface area contributed by atoms with E-state index in [-0.39, 0.29) is 0 Å². The Morgan fingerprint density at radius 2 is 1.58 bits per heavy atom. The molecule has 0 aliphatic rings. The van der Waals surface area contributed by atoms with Crippen molar-refractivity contribution in [3.63, 3.8) is 0 Å². The van der Waals surface area contributed by atoms with Gasteiger partial charge in [0, 0.05) is 0 Å². The largest absolute Gasteiger partial charge is 0.358 e. The minimum Gasteiger partial charge on any atom is -0.321 e. The highest BCUT2D eigenvalue weighted by atomic mass is 31.2.